The maximum atomic E-state index is 13.0. The normalized spacial score (nSPS) is 18.7. The number of hydrogen-bond donors (Lipinski definition) is 3. The lowest BCUT2D eigenvalue weighted by atomic mass is 10.1. The molecule has 0 atom stereocenters. The number of allylic oxidation sites excluding steroid dienone is 1. The second-order valence-electron chi connectivity index (χ2n) is 7.85. The van der Waals surface area contributed by atoms with E-state index >= 15 is 0 Å². The highest BCUT2D eigenvalue weighted by atomic mass is 32.2. The summed E-state index contributed by atoms with van der Waals surface area (Å²) in [5.41, 5.74) is 4.84. The van der Waals surface area contributed by atoms with Gasteiger partial charge in [-0.15, -0.1) is 0 Å². The van der Waals surface area contributed by atoms with Gasteiger partial charge in [0.05, 0.1) is 23.7 Å². The molecule has 0 saturated heterocycles. The van der Waals surface area contributed by atoms with Gasteiger partial charge in [-0.05, 0) is 53.8 Å². The van der Waals surface area contributed by atoms with Crippen LogP contribution in [0.3, 0.4) is 0 Å². The van der Waals surface area contributed by atoms with Crippen LogP contribution in [0.4, 0.5) is 11.4 Å². The van der Waals surface area contributed by atoms with E-state index in [2.05, 4.69) is 25.2 Å². The number of sulfonamides is 1. The van der Waals surface area contributed by atoms with E-state index in [4.69, 9.17) is 4.74 Å². The summed E-state index contributed by atoms with van der Waals surface area (Å²) in [7, 11) is -1.77. The zero-order valence-electron chi connectivity index (χ0n) is 17.3. The Kier molecular flexibility index (Phi) is 4.97. The summed E-state index contributed by atoms with van der Waals surface area (Å²) in [6, 6.07) is 10.7. The van der Waals surface area contributed by atoms with Gasteiger partial charge < -0.3 is 20.3 Å². The first kappa shape index (κ1) is 19.7. The van der Waals surface area contributed by atoms with Gasteiger partial charge in [0.2, 0.25) is 0 Å². The third kappa shape index (κ3) is 3.93. The van der Waals surface area contributed by atoms with E-state index in [0.29, 0.717) is 18.0 Å². The first-order valence-electron chi connectivity index (χ1n) is 10.4. The van der Waals surface area contributed by atoms with Crippen molar-refractivity contribution in [1.82, 2.24) is 10.6 Å². The Labute approximate surface area is 182 Å². The molecule has 3 N–H and O–H groups in total. The molecule has 0 saturated carbocycles. The Morgan fingerprint density at radius 3 is 2.94 bits per heavy atom. The lowest BCUT2D eigenvalue weighted by Crippen LogP contribution is -2.30. The maximum absolute atomic E-state index is 13.0. The molecule has 0 bridgehead atoms. The summed E-state index contributed by atoms with van der Waals surface area (Å²) >= 11 is 0. The fourth-order valence-electron chi connectivity index (χ4n) is 4.08. The van der Waals surface area contributed by atoms with Gasteiger partial charge in [-0.3, -0.25) is 9.71 Å². The van der Waals surface area contributed by atoms with Crippen LogP contribution in [0.1, 0.15) is 17.5 Å². The molecular formula is C22H25N5O3S. The Balaban J connectivity index is 1.38. The third-order valence-corrected chi connectivity index (χ3v) is 7.15. The zero-order chi connectivity index (χ0) is 21.4. The Bertz CT molecular complexity index is 1190. The highest BCUT2D eigenvalue weighted by molar-refractivity contribution is 7.92. The van der Waals surface area contributed by atoms with Crippen molar-refractivity contribution in [3.8, 4) is 5.75 Å². The quantitative estimate of drug-likeness (QED) is 0.676. The molecule has 162 valence electrons. The van der Waals surface area contributed by atoms with E-state index in [9.17, 15) is 8.42 Å². The van der Waals surface area contributed by atoms with Gasteiger partial charge in [-0.25, -0.2) is 8.42 Å². The minimum absolute atomic E-state index is 0.185. The van der Waals surface area contributed by atoms with Crippen LogP contribution in [0.15, 0.2) is 52.5 Å². The topological polar surface area (TPSA) is 95.1 Å². The largest absolute Gasteiger partial charge is 0.490 e. The molecular weight excluding hydrogens is 414 g/mol. The molecule has 31 heavy (non-hydrogen) atoms. The zero-order valence-corrected chi connectivity index (χ0v) is 18.1. The number of guanidine groups is 1. The van der Waals surface area contributed by atoms with Gasteiger partial charge in [0.1, 0.15) is 12.4 Å². The summed E-state index contributed by atoms with van der Waals surface area (Å²) in [6.45, 7) is 2.94. The van der Waals surface area contributed by atoms with E-state index < -0.39 is 10.0 Å². The number of ether oxygens (including phenoxy) is 1. The van der Waals surface area contributed by atoms with E-state index in [0.717, 1.165) is 55.3 Å². The van der Waals surface area contributed by atoms with Gasteiger partial charge in [0, 0.05) is 31.5 Å². The molecule has 2 aliphatic heterocycles. The summed E-state index contributed by atoms with van der Waals surface area (Å²) < 4.78 is 34.4. The number of aliphatic imine (C=N–C) groups is 1. The number of hydrogen-bond acceptors (Lipinski definition) is 7. The van der Waals surface area contributed by atoms with Crippen LogP contribution >= 0.6 is 0 Å². The molecule has 0 unspecified atom stereocenters. The maximum Gasteiger partial charge on any atom is 0.262 e. The minimum Gasteiger partial charge on any atom is -0.490 e. The van der Waals surface area contributed by atoms with Crippen molar-refractivity contribution in [2.24, 2.45) is 4.99 Å². The molecule has 3 aliphatic rings. The summed E-state index contributed by atoms with van der Waals surface area (Å²) in [4.78, 5) is 6.57. The van der Waals surface area contributed by atoms with Gasteiger partial charge in [-0.1, -0.05) is 6.07 Å². The lowest BCUT2D eigenvalue weighted by molar-refractivity contribution is 0.310. The molecule has 8 nitrogen and oxygen atoms in total. The predicted octanol–water partition coefficient (Wildman–Crippen LogP) is 2.15. The minimum atomic E-state index is -3.74. The van der Waals surface area contributed by atoms with Gasteiger partial charge >= 0.3 is 0 Å². The molecule has 2 aromatic rings. The van der Waals surface area contributed by atoms with Crippen LogP contribution in [-0.4, -0.2) is 47.7 Å². The van der Waals surface area contributed by atoms with Crippen LogP contribution in [0.5, 0.6) is 5.75 Å². The number of anilines is 2. The van der Waals surface area contributed by atoms with Crippen molar-refractivity contribution >= 4 is 32.9 Å². The van der Waals surface area contributed by atoms with E-state index in [-0.39, 0.29) is 4.90 Å². The monoisotopic (exact) mass is 439 g/mol. The van der Waals surface area contributed by atoms with Crippen molar-refractivity contribution in [2.75, 3.05) is 42.9 Å². The highest BCUT2D eigenvalue weighted by Crippen LogP contribution is 2.35. The predicted molar refractivity (Wildman–Crippen MR) is 122 cm³/mol. The van der Waals surface area contributed by atoms with Crippen LogP contribution < -0.4 is 25.0 Å². The number of rotatable bonds is 4. The fourth-order valence-corrected chi connectivity index (χ4v) is 5.14. The van der Waals surface area contributed by atoms with Crippen molar-refractivity contribution in [1.29, 1.82) is 0 Å². The first-order chi connectivity index (χ1) is 15.0. The fraction of sp³-hybridized carbons (Fsp3) is 0.318. The van der Waals surface area contributed by atoms with Gasteiger partial charge in [-0.2, -0.15) is 0 Å². The smallest absolute Gasteiger partial charge is 0.262 e. The molecule has 0 aromatic heterocycles. The van der Waals surface area contributed by atoms with Crippen molar-refractivity contribution in [3.63, 3.8) is 0 Å². The highest BCUT2D eigenvalue weighted by Gasteiger charge is 2.22. The SMILES string of the molecule is CN1CCOc2cc(S(=O)(=O)Nc3ccc4c(c3)/C(=C\NC3=NCCN3)CC4)ccc21. The standard InChI is InChI=1S/C22H25N5O3S/c1-27-10-11-30-21-13-18(6-7-20(21)27)31(28,29)26-17-5-4-15-2-3-16(19(15)12-17)14-25-22-23-8-9-24-22/h4-7,12-14,26H,2-3,8-11H2,1H3,(H2,23,24,25)/b16-14-. The average molecular weight is 440 g/mol. The van der Waals surface area contributed by atoms with Crippen molar-refractivity contribution in [3.05, 3.63) is 53.7 Å². The first-order valence-corrected chi connectivity index (χ1v) is 11.9. The van der Waals surface area contributed by atoms with Crippen molar-refractivity contribution < 1.29 is 13.2 Å². The summed E-state index contributed by atoms with van der Waals surface area (Å²) in [6.07, 6.45) is 3.80. The van der Waals surface area contributed by atoms with E-state index in [1.54, 1.807) is 18.2 Å². The second kappa shape index (κ2) is 7.81. The second-order valence-corrected chi connectivity index (χ2v) is 9.53. The van der Waals surface area contributed by atoms with Gasteiger partial charge in [0.25, 0.3) is 10.0 Å². The molecule has 0 radical (unpaired) electrons. The van der Waals surface area contributed by atoms with Crippen LogP contribution in [0.25, 0.3) is 5.57 Å². The molecule has 0 amide bonds. The van der Waals surface area contributed by atoms with Crippen molar-refractivity contribution in [2.45, 2.75) is 17.7 Å². The number of nitrogens with one attached hydrogen (secondary N) is 3. The van der Waals surface area contributed by atoms with Crippen LogP contribution in [0, 0.1) is 0 Å². The molecule has 9 heteroatoms. The third-order valence-electron chi connectivity index (χ3n) is 5.77. The van der Waals surface area contributed by atoms with Crippen LogP contribution in [0.2, 0.25) is 0 Å². The molecule has 1 aliphatic carbocycles. The molecule has 0 spiro atoms. The van der Waals surface area contributed by atoms with E-state index in [1.165, 1.54) is 5.56 Å². The van der Waals surface area contributed by atoms with E-state index in [1.807, 2.05) is 31.4 Å². The number of benzene rings is 2. The summed E-state index contributed by atoms with van der Waals surface area (Å²) in [5.74, 6) is 1.36. The molecule has 5 rings (SSSR count). The number of nitrogens with zero attached hydrogens (tertiary/aromatic N) is 2. The number of aryl methyl sites for hydroxylation is 1. The number of fused-ring (bicyclic) bond motifs is 2. The molecule has 2 heterocycles. The Hall–Kier alpha value is -3.20. The Morgan fingerprint density at radius 2 is 2.10 bits per heavy atom. The molecule has 0 fully saturated rings. The molecule has 2 aromatic carbocycles. The average Bonchev–Trinajstić information content (AvgIpc) is 3.41. The Morgan fingerprint density at radius 1 is 1.19 bits per heavy atom. The van der Waals surface area contributed by atoms with Crippen LogP contribution in [-0.2, 0) is 16.4 Å². The van der Waals surface area contributed by atoms with Gasteiger partial charge in [0.15, 0.2) is 5.96 Å². The number of likely N-dealkylation sites (N-methyl/N-ethyl adjacent to an activating group) is 1. The lowest BCUT2D eigenvalue weighted by Gasteiger charge is -2.27. The summed E-state index contributed by atoms with van der Waals surface area (Å²) in [5, 5.41) is 6.39.